The molecule has 0 saturated heterocycles. The van der Waals surface area contributed by atoms with Crippen LogP contribution in [0.3, 0.4) is 0 Å². The SMILES string of the molecule is c1ccc(C2=NC3(c4ccc5ccc(-c6ccc(-c7nc8ccccc8c8ccccc78)cc6)cc5c4)C[C@@H]3C(c3ccccc3)=N2)cc1. The standard InChI is InChI=1S/C46H31N3/c1-3-11-32(12-4-1)44-41-29-46(41,49-45(48-44)34-13-5-2-6-14-34)37-26-25-31-21-24-35(27-36(31)28-37)30-19-22-33(23-20-30)43-40-17-8-7-15-38(40)39-16-9-10-18-42(39)47-43/h1-28,41H,29H2/t41-,46?/m1/s1. The zero-order chi connectivity index (χ0) is 32.4. The van der Waals surface area contributed by atoms with E-state index in [0.717, 1.165) is 40.3 Å². The van der Waals surface area contributed by atoms with Gasteiger partial charge in [-0.25, -0.2) is 9.98 Å². The van der Waals surface area contributed by atoms with Gasteiger partial charge in [-0.15, -0.1) is 0 Å². The van der Waals surface area contributed by atoms with Crippen LogP contribution in [0.15, 0.2) is 180 Å². The van der Waals surface area contributed by atoms with Gasteiger partial charge in [0.05, 0.1) is 22.5 Å². The number of hydrogen-bond acceptors (Lipinski definition) is 3. The number of pyridine rings is 1. The number of fused-ring (bicyclic) bond motifs is 5. The fraction of sp³-hybridized carbons (Fsp3) is 0.0652. The first-order valence-electron chi connectivity index (χ1n) is 17.0. The minimum Gasteiger partial charge on any atom is -0.254 e. The Morgan fingerprint density at radius 3 is 1.90 bits per heavy atom. The molecular formula is C46H31N3. The van der Waals surface area contributed by atoms with Crippen LogP contribution in [0.25, 0.3) is 54.8 Å². The molecule has 2 heterocycles. The average molecular weight is 626 g/mol. The molecule has 2 atom stereocenters. The number of rotatable bonds is 5. The number of nitrogens with zero attached hydrogens (tertiary/aromatic N) is 3. The molecule has 0 bridgehead atoms. The molecule has 1 unspecified atom stereocenters. The molecule has 1 saturated carbocycles. The van der Waals surface area contributed by atoms with Crippen LogP contribution in [0.2, 0.25) is 0 Å². The Hall–Kier alpha value is -6.19. The molecule has 3 heteroatoms. The molecule has 1 aliphatic carbocycles. The number of aromatic nitrogens is 1. The van der Waals surface area contributed by atoms with Crippen LogP contribution in [0.1, 0.15) is 23.1 Å². The zero-order valence-electron chi connectivity index (χ0n) is 26.8. The van der Waals surface area contributed by atoms with E-state index < -0.39 is 0 Å². The highest BCUT2D eigenvalue weighted by molar-refractivity contribution is 6.17. The second kappa shape index (κ2) is 10.9. The lowest BCUT2D eigenvalue weighted by Gasteiger charge is -2.21. The van der Waals surface area contributed by atoms with E-state index in [2.05, 4.69) is 164 Å². The summed E-state index contributed by atoms with van der Waals surface area (Å²) in [6.07, 6.45) is 0.960. The second-order valence-electron chi connectivity index (χ2n) is 13.2. The first-order chi connectivity index (χ1) is 24.2. The topological polar surface area (TPSA) is 37.6 Å². The maximum absolute atomic E-state index is 5.39. The number of aliphatic imine (C=N–C) groups is 2. The molecule has 0 radical (unpaired) electrons. The van der Waals surface area contributed by atoms with E-state index in [4.69, 9.17) is 15.0 Å². The predicted molar refractivity (Wildman–Crippen MR) is 203 cm³/mol. The van der Waals surface area contributed by atoms with Gasteiger partial charge in [0.2, 0.25) is 0 Å². The van der Waals surface area contributed by atoms with Gasteiger partial charge in [-0.1, -0.05) is 152 Å². The highest BCUT2D eigenvalue weighted by atomic mass is 15.1. The van der Waals surface area contributed by atoms with Gasteiger partial charge in [0.1, 0.15) is 0 Å². The van der Waals surface area contributed by atoms with Crippen LogP contribution in [0, 0.1) is 5.92 Å². The Bertz CT molecular complexity index is 2620. The van der Waals surface area contributed by atoms with Gasteiger partial charge in [-0.3, -0.25) is 4.99 Å². The molecule has 1 fully saturated rings. The summed E-state index contributed by atoms with van der Waals surface area (Å²) in [5.41, 5.74) is 9.85. The fourth-order valence-corrected chi connectivity index (χ4v) is 7.72. The molecule has 10 rings (SSSR count). The van der Waals surface area contributed by atoms with Gasteiger partial charge >= 0.3 is 0 Å². The third-order valence-electron chi connectivity index (χ3n) is 10.3. The van der Waals surface area contributed by atoms with Crippen LogP contribution in [-0.4, -0.2) is 16.5 Å². The molecule has 3 nitrogen and oxygen atoms in total. The van der Waals surface area contributed by atoms with Gasteiger partial charge in [-0.2, -0.15) is 0 Å². The maximum atomic E-state index is 5.39. The summed E-state index contributed by atoms with van der Waals surface area (Å²) < 4.78 is 0. The minimum atomic E-state index is -0.306. The first kappa shape index (κ1) is 27.9. The Balaban J connectivity index is 1.02. The quantitative estimate of drug-likeness (QED) is 0.175. The van der Waals surface area contributed by atoms with E-state index in [1.54, 1.807) is 0 Å². The smallest absolute Gasteiger partial charge is 0.155 e. The van der Waals surface area contributed by atoms with Gasteiger partial charge in [0, 0.05) is 27.8 Å². The van der Waals surface area contributed by atoms with E-state index in [9.17, 15) is 0 Å². The number of para-hydroxylation sites is 1. The summed E-state index contributed by atoms with van der Waals surface area (Å²) >= 11 is 0. The van der Waals surface area contributed by atoms with Gasteiger partial charge in [0.15, 0.2) is 5.84 Å². The number of hydrogen-bond donors (Lipinski definition) is 0. The molecule has 2 aliphatic rings. The summed E-state index contributed by atoms with van der Waals surface area (Å²) in [5, 5.41) is 6.04. The molecule has 230 valence electrons. The van der Waals surface area contributed by atoms with Gasteiger partial charge < -0.3 is 0 Å². The van der Waals surface area contributed by atoms with E-state index in [0.29, 0.717) is 0 Å². The summed E-state index contributed by atoms with van der Waals surface area (Å²) in [6.45, 7) is 0. The largest absolute Gasteiger partial charge is 0.254 e. The lowest BCUT2D eigenvalue weighted by atomic mass is 9.92. The van der Waals surface area contributed by atoms with Crippen LogP contribution < -0.4 is 0 Å². The molecule has 0 N–H and O–H groups in total. The van der Waals surface area contributed by atoms with Crippen LogP contribution in [0.5, 0.6) is 0 Å². The van der Waals surface area contributed by atoms with Crippen molar-refractivity contribution in [3.8, 4) is 22.4 Å². The molecule has 8 aromatic rings. The molecule has 0 spiro atoms. The van der Waals surface area contributed by atoms with Crippen molar-refractivity contribution in [3.05, 3.63) is 187 Å². The van der Waals surface area contributed by atoms with E-state index >= 15 is 0 Å². The van der Waals surface area contributed by atoms with E-state index in [1.807, 2.05) is 6.07 Å². The summed E-state index contributed by atoms with van der Waals surface area (Å²) in [7, 11) is 0. The summed E-state index contributed by atoms with van der Waals surface area (Å²) in [4.78, 5) is 15.7. The van der Waals surface area contributed by atoms with Crippen LogP contribution in [0.4, 0.5) is 0 Å². The van der Waals surface area contributed by atoms with Gasteiger partial charge in [0.25, 0.3) is 0 Å². The second-order valence-corrected chi connectivity index (χ2v) is 13.2. The molecule has 0 amide bonds. The van der Waals surface area contributed by atoms with E-state index in [1.165, 1.54) is 49.2 Å². The highest BCUT2D eigenvalue weighted by Crippen LogP contribution is 2.59. The van der Waals surface area contributed by atoms with Crippen LogP contribution >= 0.6 is 0 Å². The highest BCUT2D eigenvalue weighted by Gasteiger charge is 2.60. The fourth-order valence-electron chi connectivity index (χ4n) is 7.72. The van der Waals surface area contributed by atoms with Crippen molar-refractivity contribution in [1.29, 1.82) is 0 Å². The molecule has 1 aromatic heterocycles. The number of amidine groups is 1. The summed E-state index contributed by atoms with van der Waals surface area (Å²) in [5.74, 6) is 1.08. The van der Waals surface area contributed by atoms with Crippen molar-refractivity contribution in [2.75, 3.05) is 0 Å². The monoisotopic (exact) mass is 625 g/mol. The third kappa shape index (κ3) is 4.62. The third-order valence-corrected chi connectivity index (χ3v) is 10.3. The predicted octanol–water partition coefficient (Wildman–Crippen LogP) is 11.0. The Kier molecular flexibility index (Phi) is 6.22. The maximum Gasteiger partial charge on any atom is 0.155 e. The Morgan fingerprint density at radius 1 is 0.469 bits per heavy atom. The Morgan fingerprint density at radius 2 is 1.10 bits per heavy atom. The first-order valence-corrected chi connectivity index (χ1v) is 17.0. The molecule has 7 aromatic carbocycles. The van der Waals surface area contributed by atoms with Crippen molar-refractivity contribution in [2.24, 2.45) is 15.9 Å². The van der Waals surface area contributed by atoms with E-state index in [-0.39, 0.29) is 11.5 Å². The average Bonchev–Trinajstić information content (AvgIpc) is 3.94. The molecular weight excluding hydrogens is 595 g/mol. The number of benzene rings is 7. The van der Waals surface area contributed by atoms with Crippen molar-refractivity contribution >= 4 is 44.0 Å². The Labute approximate surface area is 285 Å². The zero-order valence-corrected chi connectivity index (χ0v) is 26.8. The molecule has 1 aliphatic heterocycles. The molecule has 49 heavy (non-hydrogen) atoms. The summed E-state index contributed by atoms with van der Waals surface area (Å²) in [6, 6.07) is 60.5. The normalized spacial score (nSPS) is 18.2. The van der Waals surface area contributed by atoms with Crippen molar-refractivity contribution < 1.29 is 0 Å². The lowest BCUT2D eigenvalue weighted by Crippen LogP contribution is -2.22. The van der Waals surface area contributed by atoms with Crippen LogP contribution in [-0.2, 0) is 5.54 Å². The van der Waals surface area contributed by atoms with Gasteiger partial charge in [-0.05, 0) is 63.0 Å². The minimum absolute atomic E-state index is 0.260. The van der Waals surface area contributed by atoms with Crippen molar-refractivity contribution in [3.63, 3.8) is 0 Å². The van der Waals surface area contributed by atoms with Crippen molar-refractivity contribution in [1.82, 2.24) is 4.98 Å². The van der Waals surface area contributed by atoms with Crippen molar-refractivity contribution in [2.45, 2.75) is 12.0 Å². The lowest BCUT2D eigenvalue weighted by molar-refractivity contribution is 0.703.